The summed E-state index contributed by atoms with van der Waals surface area (Å²) in [7, 11) is 0. The van der Waals surface area contributed by atoms with E-state index in [0.29, 0.717) is 10.7 Å². The largest absolute Gasteiger partial charge is 0.453 e. The van der Waals surface area contributed by atoms with Crippen molar-refractivity contribution in [2.45, 2.75) is 32.3 Å². The van der Waals surface area contributed by atoms with Crippen molar-refractivity contribution < 1.29 is 9.53 Å². The number of aryl methyl sites for hydroxylation is 2. The van der Waals surface area contributed by atoms with E-state index < -0.39 is 5.97 Å². The lowest BCUT2D eigenvalue weighted by Crippen LogP contribution is -2.14. The van der Waals surface area contributed by atoms with Crippen LogP contribution in [-0.2, 0) is 24.2 Å². The van der Waals surface area contributed by atoms with E-state index in [1.54, 1.807) is 23.5 Å². The number of rotatable bonds is 3. The summed E-state index contributed by atoms with van der Waals surface area (Å²) in [6.45, 7) is -0.0233. The Morgan fingerprint density at radius 2 is 2.22 bits per heavy atom. The van der Waals surface area contributed by atoms with E-state index in [4.69, 9.17) is 4.74 Å². The molecular formula is C16H14N2O3S2. The van der Waals surface area contributed by atoms with E-state index in [0.717, 1.165) is 35.0 Å². The number of nitrogens with one attached hydrogen (secondary N) is 1. The highest BCUT2D eigenvalue weighted by Crippen LogP contribution is 2.33. The molecule has 4 rings (SSSR count). The average molecular weight is 346 g/mol. The summed E-state index contributed by atoms with van der Waals surface area (Å²) >= 11 is 2.92. The molecule has 0 bridgehead atoms. The first-order valence-corrected chi connectivity index (χ1v) is 9.16. The van der Waals surface area contributed by atoms with Gasteiger partial charge in [-0.1, -0.05) is 6.07 Å². The maximum Gasteiger partial charge on any atom is 0.348 e. The number of esters is 1. The zero-order valence-corrected chi connectivity index (χ0v) is 13.9. The Morgan fingerprint density at radius 3 is 3.04 bits per heavy atom. The molecule has 0 unspecified atom stereocenters. The second-order valence-electron chi connectivity index (χ2n) is 5.46. The van der Waals surface area contributed by atoms with Crippen LogP contribution in [-0.4, -0.2) is 15.9 Å². The van der Waals surface area contributed by atoms with Crippen molar-refractivity contribution >= 4 is 38.9 Å². The van der Waals surface area contributed by atoms with E-state index in [2.05, 4.69) is 9.97 Å². The lowest BCUT2D eigenvalue weighted by molar-refractivity contribution is 0.0468. The molecule has 5 nitrogen and oxygen atoms in total. The normalized spacial score (nSPS) is 13.9. The van der Waals surface area contributed by atoms with Crippen molar-refractivity contribution in [1.29, 1.82) is 0 Å². The molecule has 0 fully saturated rings. The van der Waals surface area contributed by atoms with Crippen LogP contribution in [0.3, 0.4) is 0 Å². The van der Waals surface area contributed by atoms with Gasteiger partial charge in [-0.05, 0) is 42.7 Å². The quantitative estimate of drug-likeness (QED) is 0.739. The molecule has 0 radical (unpaired) electrons. The van der Waals surface area contributed by atoms with Crippen LogP contribution in [0.1, 0.15) is 38.8 Å². The summed E-state index contributed by atoms with van der Waals surface area (Å²) in [5.41, 5.74) is 1.03. The number of fused-ring (bicyclic) bond motifs is 3. The summed E-state index contributed by atoms with van der Waals surface area (Å²) in [5.74, 6) is -0.000719. The number of aromatic nitrogens is 2. The molecule has 1 N–H and O–H groups in total. The SMILES string of the molecule is O=C(OCc1nc2sc3c(c2c(=O)[nH]1)CCCC3)c1cccs1. The molecule has 118 valence electrons. The second kappa shape index (κ2) is 5.90. The molecule has 0 amide bonds. The molecule has 3 aromatic heterocycles. The summed E-state index contributed by atoms with van der Waals surface area (Å²) < 4.78 is 5.22. The third-order valence-electron chi connectivity index (χ3n) is 3.94. The van der Waals surface area contributed by atoms with Gasteiger partial charge in [0.2, 0.25) is 0 Å². The fourth-order valence-corrected chi connectivity index (χ4v) is 4.77. The van der Waals surface area contributed by atoms with Gasteiger partial charge in [-0.25, -0.2) is 9.78 Å². The molecule has 0 aliphatic heterocycles. The predicted molar refractivity (Wildman–Crippen MR) is 90.3 cm³/mol. The van der Waals surface area contributed by atoms with Crippen LogP contribution in [0, 0.1) is 0 Å². The summed E-state index contributed by atoms with van der Waals surface area (Å²) in [5, 5.41) is 2.54. The Bertz CT molecular complexity index is 925. The van der Waals surface area contributed by atoms with Crippen molar-refractivity contribution in [3.63, 3.8) is 0 Å². The Labute approximate surface area is 140 Å². The number of ether oxygens (including phenoxy) is 1. The number of nitrogens with zero attached hydrogens (tertiary/aromatic N) is 1. The Morgan fingerprint density at radius 1 is 1.35 bits per heavy atom. The Balaban J connectivity index is 1.61. The van der Waals surface area contributed by atoms with E-state index in [1.165, 1.54) is 22.6 Å². The minimum absolute atomic E-state index is 0.0233. The number of thiophene rings is 2. The van der Waals surface area contributed by atoms with Crippen molar-refractivity contribution in [2.75, 3.05) is 0 Å². The highest BCUT2D eigenvalue weighted by Gasteiger charge is 2.20. The zero-order chi connectivity index (χ0) is 15.8. The predicted octanol–water partition coefficient (Wildman–Crippen LogP) is 3.28. The first kappa shape index (κ1) is 14.6. The maximum atomic E-state index is 12.4. The van der Waals surface area contributed by atoms with E-state index in [-0.39, 0.29) is 12.2 Å². The van der Waals surface area contributed by atoms with Gasteiger partial charge < -0.3 is 9.72 Å². The molecule has 0 saturated heterocycles. The molecule has 0 aromatic carbocycles. The second-order valence-corrected chi connectivity index (χ2v) is 7.49. The van der Waals surface area contributed by atoms with Crippen LogP contribution in [0.2, 0.25) is 0 Å². The van der Waals surface area contributed by atoms with Gasteiger partial charge in [-0.15, -0.1) is 22.7 Å². The Hall–Kier alpha value is -1.99. The number of carbonyl (C=O) groups is 1. The van der Waals surface area contributed by atoms with Gasteiger partial charge in [0.1, 0.15) is 22.1 Å². The third-order valence-corrected chi connectivity index (χ3v) is 5.97. The molecule has 1 aliphatic carbocycles. The molecule has 3 aromatic rings. The van der Waals surface area contributed by atoms with Crippen LogP contribution < -0.4 is 5.56 Å². The van der Waals surface area contributed by atoms with Gasteiger partial charge >= 0.3 is 5.97 Å². The van der Waals surface area contributed by atoms with Crippen LogP contribution >= 0.6 is 22.7 Å². The molecule has 23 heavy (non-hydrogen) atoms. The molecule has 0 atom stereocenters. The van der Waals surface area contributed by atoms with Crippen LogP contribution in [0.25, 0.3) is 10.2 Å². The van der Waals surface area contributed by atoms with Crippen molar-refractivity contribution in [2.24, 2.45) is 0 Å². The van der Waals surface area contributed by atoms with Crippen molar-refractivity contribution in [3.05, 3.63) is 49.0 Å². The summed E-state index contributed by atoms with van der Waals surface area (Å²) in [6.07, 6.45) is 4.27. The van der Waals surface area contributed by atoms with Gasteiger partial charge in [-0.2, -0.15) is 0 Å². The summed E-state index contributed by atoms with van der Waals surface area (Å²) in [6, 6.07) is 3.50. The fourth-order valence-electron chi connectivity index (χ4n) is 2.88. The lowest BCUT2D eigenvalue weighted by Gasteiger charge is -2.09. The van der Waals surface area contributed by atoms with Gasteiger partial charge in [0.15, 0.2) is 0 Å². The third kappa shape index (κ3) is 2.70. The van der Waals surface area contributed by atoms with Gasteiger partial charge in [-0.3, -0.25) is 4.79 Å². The first-order valence-electron chi connectivity index (χ1n) is 7.46. The van der Waals surface area contributed by atoms with Gasteiger partial charge in [0.25, 0.3) is 5.56 Å². The molecule has 1 aliphatic rings. The maximum absolute atomic E-state index is 12.4. The standard InChI is InChI=1S/C16H14N2O3S2/c19-14-13-9-4-1-2-5-10(9)23-15(13)18-12(17-14)8-21-16(20)11-6-3-7-22-11/h3,6-7H,1-2,4-5,8H2,(H,17,18,19). The molecule has 7 heteroatoms. The smallest absolute Gasteiger partial charge is 0.348 e. The monoisotopic (exact) mass is 346 g/mol. The zero-order valence-electron chi connectivity index (χ0n) is 12.3. The van der Waals surface area contributed by atoms with Crippen LogP contribution in [0.15, 0.2) is 22.3 Å². The fraction of sp³-hybridized carbons (Fsp3) is 0.312. The molecule has 0 spiro atoms. The number of hydrogen-bond donors (Lipinski definition) is 1. The number of carbonyl (C=O) groups excluding carboxylic acids is 1. The van der Waals surface area contributed by atoms with Crippen LogP contribution in [0.4, 0.5) is 0 Å². The minimum Gasteiger partial charge on any atom is -0.453 e. The summed E-state index contributed by atoms with van der Waals surface area (Å²) in [4.78, 5) is 34.0. The highest BCUT2D eigenvalue weighted by atomic mass is 32.1. The number of H-pyrrole nitrogens is 1. The lowest BCUT2D eigenvalue weighted by atomic mass is 9.97. The van der Waals surface area contributed by atoms with Gasteiger partial charge in [0, 0.05) is 4.88 Å². The highest BCUT2D eigenvalue weighted by molar-refractivity contribution is 7.18. The Kier molecular flexibility index (Phi) is 3.74. The van der Waals surface area contributed by atoms with Crippen molar-refractivity contribution in [1.82, 2.24) is 9.97 Å². The minimum atomic E-state index is -0.395. The van der Waals surface area contributed by atoms with E-state index in [1.807, 2.05) is 5.38 Å². The van der Waals surface area contributed by atoms with Crippen molar-refractivity contribution in [3.8, 4) is 0 Å². The number of aromatic amines is 1. The van der Waals surface area contributed by atoms with E-state index in [9.17, 15) is 9.59 Å². The van der Waals surface area contributed by atoms with Crippen LogP contribution in [0.5, 0.6) is 0 Å². The molecular weight excluding hydrogens is 332 g/mol. The first-order chi connectivity index (χ1) is 11.2. The average Bonchev–Trinajstić information content (AvgIpc) is 3.19. The molecule has 3 heterocycles. The topological polar surface area (TPSA) is 72.0 Å². The van der Waals surface area contributed by atoms with E-state index >= 15 is 0 Å². The molecule has 0 saturated carbocycles. The van der Waals surface area contributed by atoms with Gasteiger partial charge in [0.05, 0.1) is 5.39 Å². The number of hydrogen-bond acceptors (Lipinski definition) is 6.